The maximum absolute atomic E-state index is 6.55. The van der Waals surface area contributed by atoms with Crippen molar-refractivity contribution >= 4 is 23.1 Å². The SMILES string of the molecule is C=C1C=Cc2ccc(OC/C=C(\C)CCC3O[C@@]4(C=Cc5c(cc6occc6c5OC/C=C(\C)CCC5OC5(C)C)O4)OC3(C)C)cc2O1. The Morgan fingerprint density at radius 3 is 2.29 bits per heavy atom. The summed E-state index contributed by atoms with van der Waals surface area (Å²) in [6.45, 7) is 17.4. The lowest BCUT2D eigenvalue weighted by atomic mass is 9.96. The molecular weight excluding hydrogens is 620 g/mol. The van der Waals surface area contributed by atoms with Crippen molar-refractivity contribution in [1.29, 1.82) is 0 Å². The first-order valence-corrected chi connectivity index (χ1v) is 17.1. The number of hydrogen-bond acceptors (Lipinski definition) is 8. The summed E-state index contributed by atoms with van der Waals surface area (Å²) in [4.78, 5) is 0. The maximum atomic E-state index is 6.55. The van der Waals surface area contributed by atoms with Crippen LogP contribution in [0, 0.1) is 0 Å². The molecule has 0 amide bonds. The lowest BCUT2D eigenvalue weighted by Gasteiger charge is -2.30. The van der Waals surface area contributed by atoms with Crippen LogP contribution in [-0.4, -0.2) is 42.6 Å². The van der Waals surface area contributed by atoms with E-state index in [1.54, 1.807) is 6.26 Å². The number of fused-ring (bicyclic) bond motifs is 3. The molecule has 2 saturated heterocycles. The number of allylic oxidation sites excluding steroid dienone is 3. The molecule has 0 N–H and O–H groups in total. The van der Waals surface area contributed by atoms with E-state index < -0.39 is 11.6 Å². The minimum atomic E-state index is -1.34. The van der Waals surface area contributed by atoms with E-state index >= 15 is 0 Å². The number of rotatable bonds is 12. The molecule has 8 nitrogen and oxygen atoms in total. The van der Waals surface area contributed by atoms with Crippen LogP contribution < -0.4 is 18.9 Å². The molecule has 2 unspecified atom stereocenters. The standard InChI is InChI=1S/C41H46O8/c1-26(17-21-42-30-13-12-29-11-10-28(3)45-33(29)24-30)9-15-37-40(6,7)49-41(48-37)20-16-31-35(46-41)25-34-32(19-23-43-34)38(31)44-22-18-27(2)8-14-36-39(4,5)47-36/h10-13,16-20,23-25,36-37H,3,8-9,14-15,21-22H2,1-2,4-7H3/b26-17+,27-18+/t36?,37?,41-/m0/s1. The van der Waals surface area contributed by atoms with E-state index in [-0.39, 0.29) is 11.7 Å². The van der Waals surface area contributed by atoms with Crippen molar-refractivity contribution in [3.63, 3.8) is 0 Å². The van der Waals surface area contributed by atoms with Gasteiger partial charge in [-0.1, -0.05) is 17.7 Å². The highest BCUT2D eigenvalue weighted by Gasteiger charge is 2.54. The zero-order valence-electron chi connectivity index (χ0n) is 29.3. The molecule has 3 atom stereocenters. The molecule has 7 rings (SSSR count). The molecule has 0 aliphatic carbocycles. The molecule has 4 aliphatic rings. The maximum Gasteiger partial charge on any atom is 0.350 e. The lowest BCUT2D eigenvalue weighted by molar-refractivity contribution is -0.270. The quantitative estimate of drug-likeness (QED) is 0.140. The average Bonchev–Trinajstić information content (AvgIpc) is 3.31. The van der Waals surface area contributed by atoms with Crippen LogP contribution in [0.5, 0.6) is 23.0 Å². The predicted molar refractivity (Wildman–Crippen MR) is 190 cm³/mol. The van der Waals surface area contributed by atoms with Gasteiger partial charge in [0, 0.05) is 23.8 Å². The molecule has 49 heavy (non-hydrogen) atoms. The van der Waals surface area contributed by atoms with Crippen molar-refractivity contribution in [2.75, 3.05) is 13.2 Å². The topological polar surface area (TPSA) is 81.1 Å². The molecule has 8 heteroatoms. The summed E-state index contributed by atoms with van der Waals surface area (Å²) in [6.07, 6.45) is 17.3. The van der Waals surface area contributed by atoms with Gasteiger partial charge in [-0.3, -0.25) is 0 Å². The number of furan rings is 1. The van der Waals surface area contributed by atoms with E-state index in [4.69, 9.17) is 37.6 Å². The van der Waals surface area contributed by atoms with E-state index in [1.807, 2.05) is 68.5 Å². The second kappa shape index (κ2) is 12.9. The summed E-state index contributed by atoms with van der Waals surface area (Å²) < 4.78 is 49.1. The molecule has 0 bridgehead atoms. The number of epoxide rings is 1. The largest absolute Gasteiger partial charge is 0.489 e. The number of hydrogen-bond donors (Lipinski definition) is 0. The minimum Gasteiger partial charge on any atom is -0.489 e. The second-order valence-electron chi connectivity index (χ2n) is 14.4. The molecule has 2 fully saturated rings. The van der Waals surface area contributed by atoms with Crippen molar-refractivity contribution in [3.05, 3.63) is 95.5 Å². The molecule has 4 aliphatic heterocycles. The Bertz CT molecular complexity index is 1870. The molecule has 5 heterocycles. The molecule has 1 aromatic heterocycles. The van der Waals surface area contributed by atoms with Crippen molar-refractivity contribution < 1.29 is 37.6 Å². The Kier molecular flexibility index (Phi) is 8.76. The molecule has 258 valence electrons. The van der Waals surface area contributed by atoms with Crippen LogP contribution in [0.1, 0.15) is 78.4 Å². The van der Waals surface area contributed by atoms with Crippen LogP contribution in [0.4, 0.5) is 0 Å². The molecule has 2 aromatic carbocycles. The lowest BCUT2D eigenvalue weighted by Crippen LogP contribution is -2.38. The number of ether oxygens (including phenoxy) is 7. The van der Waals surface area contributed by atoms with Gasteiger partial charge in [-0.15, -0.1) is 0 Å². The summed E-state index contributed by atoms with van der Waals surface area (Å²) in [6, 6.07) is 9.63. The summed E-state index contributed by atoms with van der Waals surface area (Å²) in [7, 11) is 0. The van der Waals surface area contributed by atoms with Crippen LogP contribution in [0.15, 0.2) is 88.8 Å². The fourth-order valence-electron chi connectivity index (χ4n) is 6.56. The van der Waals surface area contributed by atoms with Crippen molar-refractivity contribution in [2.45, 2.75) is 96.6 Å². The zero-order chi connectivity index (χ0) is 34.4. The average molecular weight is 667 g/mol. The highest BCUT2D eigenvalue weighted by molar-refractivity contribution is 5.91. The Labute approximate surface area is 288 Å². The van der Waals surface area contributed by atoms with Crippen LogP contribution >= 0.6 is 0 Å². The van der Waals surface area contributed by atoms with Crippen molar-refractivity contribution in [3.8, 4) is 23.0 Å². The van der Waals surface area contributed by atoms with Crippen LogP contribution in [0.3, 0.4) is 0 Å². The van der Waals surface area contributed by atoms with E-state index in [0.717, 1.165) is 53.7 Å². The first kappa shape index (κ1) is 33.3. The Morgan fingerprint density at radius 2 is 1.55 bits per heavy atom. The molecule has 0 saturated carbocycles. The first-order valence-electron chi connectivity index (χ1n) is 17.1. The normalized spacial score (nSPS) is 24.8. The second-order valence-corrected chi connectivity index (χ2v) is 14.4. The van der Waals surface area contributed by atoms with E-state index in [0.29, 0.717) is 42.2 Å². The summed E-state index contributed by atoms with van der Waals surface area (Å²) in [5.74, 6) is 2.07. The fraction of sp³-hybridized carbons (Fsp3) is 0.415. The van der Waals surface area contributed by atoms with Crippen molar-refractivity contribution in [1.82, 2.24) is 0 Å². The highest BCUT2D eigenvalue weighted by atomic mass is 16.9. The van der Waals surface area contributed by atoms with Crippen LogP contribution in [0.2, 0.25) is 0 Å². The van der Waals surface area contributed by atoms with Gasteiger partial charge in [-0.25, -0.2) is 0 Å². The first-order chi connectivity index (χ1) is 23.4. The van der Waals surface area contributed by atoms with Gasteiger partial charge in [0.05, 0.1) is 40.6 Å². The predicted octanol–water partition coefficient (Wildman–Crippen LogP) is 9.69. The zero-order valence-corrected chi connectivity index (χ0v) is 29.3. The van der Waals surface area contributed by atoms with E-state index in [2.05, 4.69) is 46.4 Å². The molecule has 3 aromatic rings. The third kappa shape index (κ3) is 7.23. The van der Waals surface area contributed by atoms with E-state index in [1.165, 1.54) is 11.1 Å². The van der Waals surface area contributed by atoms with E-state index in [9.17, 15) is 0 Å². The Balaban J connectivity index is 0.967. The van der Waals surface area contributed by atoms with Gasteiger partial charge in [-0.2, -0.15) is 0 Å². The molecular formula is C41H46O8. The minimum absolute atomic E-state index is 0.0127. The Hall–Kier alpha value is -4.24. The summed E-state index contributed by atoms with van der Waals surface area (Å²) in [5.41, 5.74) is 4.42. The third-order valence-electron chi connectivity index (χ3n) is 9.69. The fourth-order valence-corrected chi connectivity index (χ4v) is 6.56. The Morgan fingerprint density at radius 1 is 0.837 bits per heavy atom. The highest BCUT2D eigenvalue weighted by Crippen LogP contribution is 2.48. The van der Waals surface area contributed by atoms with Gasteiger partial charge in [0.15, 0.2) is 0 Å². The van der Waals surface area contributed by atoms with Gasteiger partial charge < -0.3 is 37.6 Å². The van der Waals surface area contributed by atoms with Gasteiger partial charge in [0.2, 0.25) is 0 Å². The van der Waals surface area contributed by atoms with Gasteiger partial charge >= 0.3 is 5.97 Å². The van der Waals surface area contributed by atoms with Gasteiger partial charge in [0.1, 0.15) is 47.6 Å². The summed E-state index contributed by atoms with van der Waals surface area (Å²) >= 11 is 0. The van der Waals surface area contributed by atoms with Gasteiger partial charge in [-0.05, 0) is 116 Å². The molecule has 1 spiro atoms. The van der Waals surface area contributed by atoms with Gasteiger partial charge in [0.25, 0.3) is 0 Å². The number of benzene rings is 2. The van der Waals surface area contributed by atoms with Crippen LogP contribution in [0.25, 0.3) is 23.1 Å². The molecule has 0 radical (unpaired) electrons. The third-order valence-corrected chi connectivity index (χ3v) is 9.69. The monoisotopic (exact) mass is 666 g/mol. The van der Waals surface area contributed by atoms with Crippen LogP contribution in [-0.2, 0) is 14.2 Å². The summed E-state index contributed by atoms with van der Waals surface area (Å²) in [5, 5.41) is 0.892. The van der Waals surface area contributed by atoms with Crippen molar-refractivity contribution in [2.24, 2.45) is 0 Å². The smallest absolute Gasteiger partial charge is 0.350 e.